The fourth-order valence-corrected chi connectivity index (χ4v) is 8.67. The summed E-state index contributed by atoms with van der Waals surface area (Å²) in [6.07, 6.45) is 1.08. The molecule has 0 bridgehead atoms. The monoisotopic (exact) mass is 717 g/mol. The summed E-state index contributed by atoms with van der Waals surface area (Å²) in [4.78, 5) is 73.2. The van der Waals surface area contributed by atoms with Crippen LogP contribution in [0.25, 0.3) is 11.1 Å². The maximum absolute atomic E-state index is 15.0. The predicted molar refractivity (Wildman–Crippen MR) is 196 cm³/mol. The molecule has 50 heavy (non-hydrogen) atoms. The maximum Gasteiger partial charge on any atom is 0.410 e. The molecule has 2 aliphatic rings. The molecule has 5 rings (SSSR count). The number of nitrogens with zero attached hydrogens (tertiary/aromatic N) is 3. The second-order valence-corrected chi connectivity index (χ2v) is 16.3. The van der Waals surface area contributed by atoms with Crippen LogP contribution >= 0.6 is 21.6 Å². The minimum absolute atomic E-state index is 0.0241. The van der Waals surface area contributed by atoms with Crippen LogP contribution in [0, 0.1) is 0 Å². The van der Waals surface area contributed by atoms with Gasteiger partial charge in [-0.2, -0.15) is 0 Å². The van der Waals surface area contributed by atoms with Gasteiger partial charge < -0.3 is 14.5 Å². The molecule has 0 radical (unpaired) electrons. The standard InChI is InChI=1S/C38H43N3O7S2/c1-38(2,3)50-49-25-31(40(37(46)47-4)35-29-19-12-10-17-27(29)28-18-11-13-20-30(28)35)36(45)39(26-15-7-5-8-16-26)24-14-6-9-21-34(44)48-41-32(42)22-23-33(41)43/h5,7-8,10-13,15-20,31,35H,6,9,14,21-25H2,1-4H3. The van der Waals surface area contributed by atoms with Crippen molar-refractivity contribution >= 4 is 57.1 Å². The third kappa shape index (κ3) is 8.70. The van der Waals surface area contributed by atoms with Crippen molar-refractivity contribution < 1.29 is 33.5 Å². The number of carbonyl (C=O) groups is 5. The van der Waals surface area contributed by atoms with Gasteiger partial charge in [-0.25, -0.2) is 9.59 Å². The molecule has 0 N–H and O–H groups in total. The molecule has 1 heterocycles. The van der Waals surface area contributed by atoms with E-state index in [-0.39, 0.29) is 29.9 Å². The molecule has 10 nitrogen and oxygen atoms in total. The number of ether oxygens (including phenoxy) is 1. The second-order valence-electron chi connectivity index (χ2n) is 13.1. The first-order chi connectivity index (χ1) is 24.0. The SMILES string of the molecule is COC(=O)N(C(CSSC(C)(C)C)C(=O)N(CCCCCC(=O)ON1C(=O)CCC1=O)c1ccccc1)C1c2ccccc2-c2ccccc21. The zero-order valence-corrected chi connectivity index (χ0v) is 30.5. The van der Waals surface area contributed by atoms with Crippen molar-refractivity contribution in [3.05, 3.63) is 90.0 Å². The van der Waals surface area contributed by atoms with Crippen molar-refractivity contribution in [3.63, 3.8) is 0 Å². The number of unbranched alkanes of at least 4 members (excludes halogenated alkanes) is 2. The van der Waals surface area contributed by atoms with Crippen LogP contribution in [0.15, 0.2) is 78.9 Å². The minimum Gasteiger partial charge on any atom is -0.453 e. The Morgan fingerprint density at radius 3 is 2.00 bits per heavy atom. The molecule has 12 heteroatoms. The zero-order chi connectivity index (χ0) is 35.8. The normalized spacial score (nSPS) is 14.6. The molecule has 0 aromatic heterocycles. The summed E-state index contributed by atoms with van der Waals surface area (Å²) in [6, 6.07) is 23.9. The van der Waals surface area contributed by atoms with Gasteiger partial charge >= 0.3 is 12.1 Å². The molecule has 1 fully saturated rings. The average Bonchev–Trinajstić information content (AvgIpc) is 3.60. The lowest BCUT2D eigenvalue weighted by molar-refractivity contribution is -0.197. The fraction of sp³-hybridized carbons (Fsp3) is 0.395. The lowest BCUT2D eigenvalue weighted by Gasteiger charge is -2.38. The molecule has 0 spiro atoms. The number of anilines is 1. The molecule has 4 amide bonds. The molecule has 264 valence electrons. The number of amides is 4. The van der Waals surface area contributed by atoms with Crippen molar-refractivity contribution in [2.75, 3.05) is 24.3 Å². The van der Waals surface area contributed by atoms with Crippen LogP contribution in [0.3, 0.4) is 0 Å². The van der Waals surface area contributed by atoms with E-state index in [1.54, 1.807) is 31.4 Å². The van der Waals surface area contributed by atoms with E-state index in [4.69, 9.17) is 9.57 Å². The van der Waals surface area contributed by atoms with Crippen molar-refractivity contribution in [2.45, 2.75) is 76.1 Å². The highest BCUT2D eigenvalue weighted by Crippen LogP contribution is 2.48. The Morgan fingerprint density at radius 2 is 1.42 bits per heavy atom. The lowest BCUT2D eigenvalue weighted by atomic mass is 10.0. The Hall–Kier alpha value is -4.29. The van der Waals surface area contributed by atoms with E-state index >= 15 is 0 Å². The number of hydrogen-bond acceptors (Lipinski definition) is 9. The van der Waals surface area contributed by atoms with Crippen LogP contribution in [0.4, 0.5) is 10.5 Å². The summed E-state index contributed by atoms with van der Waals surface area (Å²) in [7, 11) is 4.55. The van der Waals surface area contributed by atoms with E-state index in [0.717, 1.165) is 22.3 Å². The number of rotatable bonds is 14. The van der Waals surface area contributed by atoms with Gasteiger partial charge in [0.05, 0.1) is 13.2 Å². The van der Waals surface area contributed by atoms with Gasteiger partial charge in [0.1, 0.15) is 6.04 Å². The van der Waals surface area contributed by atoms with E-state index in [0.29, 0.717) is 42.3 Å². The molecule has 1 aliphatic heterocycles. The van der Waals surface area contributed by atoms with Crippen molar-refractivity contribution in [2.24, 2.45) is 0 Å². The Morgan fingerprint density at radius 1 is 0.840 bits per heavy atom. The Labute approximate surface area is 301 Å². The van der Waals surface area contributed by atoms with Crippen LogP contribution in [0.2, 0.25) is 0 Å². The number of benzene rings is 3. The smallest absolute Gasteiger partial charge is 0.410 e. The van der Waals surface area contributed by atoms with E-state index in [9.17, 15) is 24.0 Å². The molecule has 0 saturated carbocycles. The lowest BCUT2D eigenvalue weighted by Crippen LogP contribution is -2.54. The molecular weight excluding hydrogens is 675 g/mol. The van der Waals surface area contributed by atoms with Crippen LogP contribution in [0.5, 0.6) is 0 Å². The molecule has 1 unspecified atom stereocenters. The number of methoxy groups -OCH3 is 1. The van der Waals surface area contributed by atoms with Gasteiger partial charge in [-0.1, -0.05) is 116 Å². The summed E-state index contributed by atoms with van der Waals surface area (Å²) >= 11 is 0. The first-order valence-electron chi connectivity index (χ1n) is 16.8. The number of hydrogen-bond donors (Lipinski definition) is 0. The van der Waals surface area contributed by atoms with E-state index in [2.05, 4.69) is 20.8 Å². The van der Waals surface area contributed by atoms with E-state index in [1.165, 1.54) is 7.11 Å². The fourth-order valence-electron chi connectivity index (χ4n) is 6.17. The molecule has 3 aromatic rings. The summed E-state index contributed by atoms with van der Waals surface area (Å²) in [5, 5.41) is 0.558. The van der Waals surface area contributed by atoms with Gasteiger partial charge in [-0.05, 0) is 47.2 Å². The number of para-hydroxylation sites is 1. The summed E-state index contributed by atoms with van der Waals surface area (Å²) < 4.78 is 5.34. The van der Waals surface area contributed by atoms with E-state index in [1.807, 2.05) is 78.9 Å². The highest BCUT2D eigenvalue weighted by Gasteiger charge is 2.43. The first-order valence-corrected chi connectivity index (χ1v) is 19.1. The average molecular weight is 718 g/mol. The van der Waals surface area contributed by atoms with Crippen molar-refractivity contribution in [3.8, 4) is 11.1 Å². The van der Waals surface area contributed by atoms with Crippen molar-refractivity contribution in [1.29, 1.82) is 0 Å². The first kappa shape index (κ1) is 37.0. The summed E-state index contributed by atoms with van der Waals surface area (Å²) in [6.45, 7) is 6.66. The van der Waals surface area contributed by atoms with Gasteiger partial charge in [0, 0.05) is 42.0 Å². The third-order valence-corrected chi connectivity index (χ3v) is 11.7. The van der Waals surface area contributed by atoms with Crippen LogP contribution < -0.4 is 4.90 Å². The molecule has 1 aliphatic carbocycles. The number of imide groups is 1. The topological polar surface area (TPSA) is 114 Å². The maximum atomic E-state index is 15.0. The predicted octanol–water partition coefficient (Wildman–Crippen LogP) is 7.57. The highest BCUT2D eigenvalue weighted by atomic mass is 33.1. The van der Waals surface area contributed by atoms with Crippen LogP contribution in [-0.2, 0) is 28.8 Å². The van der Waals surface area contributed by atoms with Gasteiger partial charge in [0.15, 0.2) is 0 Å². The molecular formula is C38H43N3O7S2. The third-order valence-electron chi connectivity index (χ3n) is 8.42. The van der Waals surface area contributed by atoms with Gasteiger partial charge in [0.2, 0.25) is 0 Å². The largest absolute Gasteiger partial charge is 0.453 e. The Balaban J connectivity index is 1.40. The molecule has 1 atom stereocenters. The summed E-state index contributed by atoms with van der Waals surface area (Å²) in [5.41, 5.74) is 4.59. The van der Waals surface area contributed by atoms with Gasteiger partial charge in [-0.3, -0.25) is 19.3 Å². The number of carbonyl (C=O) groups excluding carboxylic acids is 5. The highest BCUT2D eigenvalue weighted by molar-refractivity contribution is 8.77. The number of hydroxylamine groups is 2. The number of fused-ring (bicyclic) bond motifs is 3. The second kappa shape index (κ2) is 16.6. The summed E-state index contributed by atoms with van der Waals surface area (Å²) in [5.74, 6) is -1.60. The Bertz CT molecular complexity index is 1650. The molecule has 3 aromatic carbocycles. The van der Waals surface area contributed by atoms with Gasteiger partial charge in [-0.15, -0.1) is 5.06 Å². The van der Waals surface area contributed by atoms with Crippen molar-refractivity contribution in [1.82, 2.24) is 9.96 Å². The van der Waals surface area contributed by atoms with E-state index < -0.39 is 36.0 Å². The van der Waals surface area contributed by atoms with Gasteiger partial charge in [0.25, 0.3) is 17.7 Å². The molecule has 1 saturated heterocycles. The van der Waals surface area contributed by atoms with Crippen LogP contribution in [0.1, 0.15) is 76.5 Å². The zero-order valence-electron chi connectivity index (χ0n) is 28.8. The van der Waals surface area contributed by atoms with Crippen LogP contribution in [-0.4, -0.2) is 69.9 Å². The quantitative estimate of drug-likeness (QED) is 0.0947. The minimum atomic E-state index is -0.891. The Kier molecular flexibility index (Phi) is 12.3.